The van der Waals surface area contributed by atoms with Crippen LogP contribution in [0.3, 0.4) is 0 Å². The number of amides is 1. The molecule has 4 rings (SSSR count). The predicted octanol–water partition coefficient (Wildman–Crippen LogP) is 4.35. The molecule has 0 radical (unpaired) electrons. The Balaban J connectivity index is 1.37. The summed E-state index contributed by atoms with van der Waals surface area (Å²) in [6.07, 6.45) is 3.13. The quantitative estimate of drug-likeness (QED) is 0.483. The Morgan fingerprint density at radius 1 is 1.00 bits per heavy atom. The van der Waals surface area contributed by atoms with Crippen molar-refractivity contribution in [2.24, 2.45) is 0 Å². The number of H-pyrrole nitrogens is 1. The van der Waals surface area contributed by atoms with E-state index in [1.807, 2.05) is 54.6 Å². The second-order valence-electron chi connectivity index (χ2n) is 6.36. The van der Waals surface area contributed by atoms with E-state index in [1.54, 1.807) is 24.3 Å². The highest BCUT2D eigenvalue weighted by Gasteiger charge is 2.07. The molecule has 4 aromatic rings. The number of aromatic nitrogens is 1. The smallest absolute Gasteiger partial charge is 0.417 e. The van der Waals surface area contributed by atoms with Crippen LogP contribution in [0.5, 0.6) is 5.75 Å². The molecule has 29 heavy (non-hydrogen) atoms. The number of hydrogen-bond donors (Lipinski definition) is 2. The number of nitrogens with one attached hydrogen (secondary N) is 2. The number of aromatic amines is 1. The lowest BCUT2D eigenvalue weighted by Gasteiger charge is -2.06. The van der Waals surface area contributed by atoms with E-state index in [-0.39, 0.29) is 5.91 Å². The van der Waals surface area contributed by atoms with E-state index < -0.39 is 5.76 Å². The Morgan fingerprint density at radius 3 is 2.59 bits per heavy atom. The third kappa shape index (κ3) is 4.62. The molecule has 1 heterocycles. The molecule has 3 aromatic carbocycles. The maximum atomic E-state index is 12.2. The van der Waals surface area contributed by atoms with E-state index in [0.717, 1.165) is 16.9 Å². The number of carbonyl (C=O) groups excluding carboxylic acids is 1. The van der Waals surface area contributed by atoms with Gasteiger partial charge in [0.15, 0.2) is 5.58 Å². The van der Waals surface area contributed by atoms with Crippen molar-refractivity contribution in [2.75, 3.05) is 5.32 Å². The minimum absolute atomic E-state index is 0.316. The van der Waals surface area contributed by atoms with Gasteiger partial charge in [0.05, 0.1) is 5.69 Å². The molecule has 1 amide bonds. The number of ether oxygens (including phenoxy) is 1. The van der Waals surface area contributed by atoms with Gasteiger partial charge in [-0.25, -0.2) is 4.79 Å². The fourth-order valence-electron chi connectivity index (χ4n) is 2.84. The van der Waals surface area contributed by atoms with E-state index in [2.05, 4.69) is 10.3 Å². The first-order valence-corrected chi connectivity index (χ1v) is 9.05. The molecule has 0 bridgehead atoms. The van der Waals surface area contributed by atoms with Crippen molar-refractivity contribution < 1.29 is 13.9 Å². The van der Waals surface area contributed by atoms with E-state index in [1.165, 1.54) is 6.08 Å². The zero-order valence-corrected chi connectivity index (χ0v) is 15.4. The molecule has 144 valence electrons. The Hall–Kier alpha value is -4.06. The molecular weight excluding hydrogens is 368 g/mol. The average molecular weight is 386 g/mol. The topological polar surface area (TPSA) is 84.3 Å². The van der Waals surface area contributed by atoms with Gasteiger partial charge in [-0.2, -0.15) is 0 Å². The number of carbonyl (C=O) groups is 1. The van der Waals surface area contributed by atoms with Crippen molar-refractivity contribution in [1.29, 1.82) is 0 Å². The van der Waals surface area contributed by atoms with Crippen LogP contribution in [0.15, 0.2) is 88.1 Å². The first-order valence-electron chi connectivity index (χ1n) is 9.05. The minimum atomic E-state index is -0.563. The molecule has 0 aliphatic heterocycles. The van der Waals surface area contributed by atoms with Gasteiger partial charge in [-0.3, -0.25) is 9.78 Å². The summed E-state index contributed by atoms with van der Waals surface area (Å²) in [6, 6.07) is 22.4. The second kappa shape index (κ2) is 8.31. The van der Waals surface area contributed by atoms with E-state index >= 15 is 0 Å². The van der Waals surface area contributed by atoms with Gasteiger partial charge < -0.3 is 14.5 Å². The second-order valence-corrected chi connectivity index (χ2v) is 6.36. The first kappa shape index (κ1) is 18.3. The molecule has 6 heteroatoms. The van der Waals surface area contributed by atoms with Crippen LogP contribution < -0.4 is 15.8 Å². The maximum Gasteiger partial charge on any atom is 0.417 e. The van der Waals surface area contributed by atoms with Crippen LogP contribution in [-0.2, 0) is 11.4 Å². The van der Waals surface area contributed by atoms with Gasteiger partial charge in [-0.05, 0) is 41.5 Å². The average Bonchev–Trinajstić information content (AvgIpc) is 3.13. The Kier molecular flexibility index (Phi) is 5.25. The monoisotopic (exact) mass is 386 g/mol. The Labute approximate surface area is 166 Å². The van der Waals surface area contributed by atoms with Crippen molar-refractivity contribution in [3.63, 3.8) is 0 Å². The summed E-state index contributed by atoms with van der Waals surface area (Å²) in [5.74, 6) is -0.123. The molecule has 0 aliphatic rings. The molecule has 0 aliphatic carbocycles. The molecule has 0 saturated heterocycles. The van der Waals surface area contributed by atoms with E-state index in [4.69, 9.17) is 9.15 Å². The lowest BCUT2D eigenvalue weighted by atomic mass is 10.2. The highest BCUT2D eigenvalue weighted by Crippen LogP contribution is 2.20. The fraction of sp³-hybridized carbons (Fsp3) is 0.0435. The number of fused-ring (bicyclic) bond motifs is 1. The summed E-state index contributed by atoms with van der Waals surface area (Å²) >= 11 is 0. The van der Waals surface area contributed by atoms with Gasteiger partial charge in [-0.1, -0.05) is 48.5 Å². The van der Waals surface area contributed by atoms with Gasteiger partial charge in [0.1, 0.15) is 17.9 Å². The Morgan fingerprint density at radius 2 is 1.79 bits per heavy atom. The van der Waals surface area contributed by atoms with Crippen LogP contribution in [0, 0.1) is 0 Å². The molecule has 0 unspecified atom stereocenters. The van der Waals surface area contributed by atoms with Crippen molar-refractivity contribution in [1.82, 2.24) is 4.98 Å². The number of hydrogen-bond acceptors (Lipinski definition) is 4. The van der Waals surface area contributed by atoms with Crippen LogP contribution in [-0.4, -0.2) is 10.9 Å². The number of anilines is 1. The zero-order chi connectivity index (χ0) is 20.1. The van der Waals surface area contributed by atoms with Crippen LogP contribution in [0.1, 0.15) is 11.1 Å². The van der Waals surface area contributed by atoms with Gasteiger partial charge in [0, 0.05) is 6.08 Å². The van der Waals surface area contributed by atoms with Crippen LogP contribution in [0.2, 0.25) is 0 Å². The standard InChI is InChI=1S/C23H18N2O4/c26-21(24-19-7-4-8-20-22(19)25-23(27)29-20)14-11-16-9-12-18(13-10-16)28-15-17-5-2-1-3-6-17/h1-14H,15H2,(H,24,26)(H,25,27)/b14-11+. The lowest BCUT2D eigenvalue weighted by molar-refractivity contribution is -0.111. The third-order valence-electron chi connectivity index (χ3n) is 4.27. The van der Waals surface area contributed by atoms with Gasteiger partial charge in [0.2, 0.25) is 5.91 Å². The Bertz CT molecular complexity index is 1210. The highest BCUT2D eigenvalue weighted by molar-refractivity contribution is 6.05. The van der Waals surface area contributed by atoms with E-state index in [9.17, 15) is 9.59 Å². The summed E-state index contributed by atoms with van der Waals surface area (Å²) in [5.41, 5.74) is 3.29. The molecule has 0 atom stereocenters. The molecule has 0 saturated carbocycles. The van der Waals surface area contributed by atoms with E-state index in [0.29, 0.717) is 23.4 Å². The number of para-hydroxylation sites is 1. The van der Waals surface area contributed by atoms with Gasteiger partial charge in [-0.15, -0.1) is 0 Å². The van der Waals surface area contributed by atoms with Crippen molar-refractivity contribution in [3.05, 3.63) is 101 Å². The van der Waals surface area contributed by atoms with Gasteiger partial charge >= 0.3 is 5.76 Å². The van der Waals surface area contributed by atoms with Crippen molar-refractivity contribution in [2.45, 2.75) is 6.61 Å². The molecule has 0 spiro atoms. The summed E-state index contributed by atoms with van der Waals surface area (Å²) in [6.45, 7) is 0.500. The van der Waals surface area contributed by atoms with Crippen molar-refractivity contribution >= 4 is 28.8 Å². The molecule has 2 N–H and O–H groups in total. The zero-order valence-electron chi connectivity index (χ0n) is 15.4. The maximum absolute atomic E-state index is 12.2. The minimum Gasteiger partial charge on any atom is -0.489 e. The predicted molar refractivity (Wildman–Crippen MR) is 112 cm³/mol. The molecule has 6 nitrogen and oxygen atoms in total. The largest absolute Gasteiger partial charge is 0.489 e. The summed E-state index contributed by atoms with van der Waals surface area (Å²) in [5, 5.41) is 2.74. The third-order valence-corrected chi connectivity index (χ3v) is 4.27. The SMILES string of the molecule is O=C(/C=C/c1ccc(OCc2ccccc2)cc1)Nc1cccc2oc(=O)[nH]c12. The summed E-state index contributed by atoms with van der Waals surface area (Å²) in [4.78, 5) is 26.1. The number of benzene rings is 3. The first-order chi connectivity index (χ1) is 14.2. The normalized spacial score (nSPS) is 11.0. The molecule has 1 aromatic heterocycles. The highest BCUT2D eigenvalue weighted by atomic mass is 16.5. The summed E-state index contributed by atoms with van der Waals surface area (Å²) in [7, 11) is 0. The van der Waals surface area contributed by atoms with Crippen LogP contribution >= 0.6 is 0 Å². The molecule has 0 fully saturated rings. The number of rotatable bonds is 6. The summed E-state index contributed by atoms with van der Waals surface area (Å²) < 4.78 is 10.7. The van der Waals surface area contributed by atoms with Crippen molar-refractivity contribution in [3.8, 4) is 5.75 Å². The molecular formula is C23H18N2O4. The van der Waals surface area contributed by atoms with Crippen LogP contribution in [0.25, 0.3) is 17.2 Å². The van der Waals surface area contributed by atoms with Gasteiger partial charge in [0.25, 0.3) is 0 Å². The fourth-order valence-corrected chi connectivity index (χ4v) is 2.84. The lowest BCUT2D eigenvalue weighted by Crippen LogP contribution is -2.08. The number of oxazole rings is 1. The van der Waals surface area contributed by atoms with Crippen LogP contribution in [0.4, 0.5) is 5.69 Å².